The lowest BCUT2D eigenvalue weighted by atomic mass is 9.95. The SMILES string of the molecule is Cl.Clc1ccc2c(c1)C(c1ccccc1)N1CCN(Cc3ccccc3)C1=N2. The van der Waals surface area contributed by atoms with Crippen molar-refractivity contribution in [2.75, 3.05) is 13.1 Å². The van der Waals surface area contributed by atoms with Crippen LogP contribution in [0.3, 0.4) is 0 Å². The number of nitrogens with zero attached hydrogens (tertiary/aromatic N) is 3. The van der Waals surface area contributed by atoms with Crippen LogP contribution < -0.4 is 0 Å². The van der Waals surface area contributed by atoms with E-state index >= 15 is 0 Å². The van der Waals surface area contributed by atoms with E-state index in [2.05, 4.69) is 76.5 Å². The fourth-order valence-electron chi connectivity index (χ4n) is 4.06. The average molecular weight is 410 g/mol. The van der Waals surface area contributed by atoms with Crippen molar-refractivity contribution in [3.63, 3.8) is 0 Å². The highest BCUT2D eigenvalue weighted by molar-refractivity contribution is 6.30. The van der Waals surface area contributed by atoms with Gasteiger partial charge in [0.05, 0.1) is 11.7 Å². The molecule has 3 aromatic rings. The van der Waals surface area contributed by atoms with E-state index in [1.165, 1.54) is 16.7 Å². The van der Waals surface area contributed by atoms with Gasteiger partial charge in [0.2, 0.25) is 5.96 Å². The van der Waals surface area contributed by atoms with Crippen molar-refractivity contribution in [3.8, 4) is 0 Å². The highest BCUT2D eigenvalue weighted by Crippen LogP contribution is 2.42. The Labute approximate surface area is 176 Å². The van der Waals surface area contributed by atoms with Gasteiger partial charge in [0.1, 0.15) is 0 Å². The van der Waals surface area contributed by atoms with E-state index in [4.69, 9.17) is 16.6 Å². The lowest BCUT2D eigenvalue weighted by Gasteiger charge is -2.35. The molecule has 0 saturated carbocycles. The van der Waals surface area contributed by atoms with Crippen molar-refractivity contribution < 1.29 is 0 Å². The van der Waals surface area contributed by atoms with Crippen LogP contribution in [0.4, 0.5) is 5.69 Å². The molecule has 3 nitrogen and oxygen atoms in total. The lowest BCUT2D eigenvalue weighted by Crippen LogP contribution is -2.38. The molecular weight excluding hydrogens is 389 g/mol. The third-order valence-corrected chi connectivity index (χ3v) is 5.53. The number of hydrogen-bond donors (Lipinski definition) is 0. The van der Waals surface area contributed by atoms with E-state index < -0.39 is 0 Å². The van der Waals surface area contributed by atoms with Crippen LogP contribution in [0.15, 0.2) is 83.9 Å². The number of halogens is 2. The van der Waals surface area contributed by atoms with E-state index in [1.807, 2.05) is 12.1 Å². The van der Waals surface area contributed by atoms with E-state index in [0.717, 1.165) is 36.3 Å². The third kappa shape index (κ3) is 3.36. The van der Waals surface area contributed by atoms with Gasteiger partial charge in [0.25, 0.3) is 0 Å². The summed E-state index contributed by atoms with van der Waals surface area (Å²) in [7, 11) is 0. The molecule has 2 aliphatic heterocycles. The molecule has 1 saturated heterocycles. The maximum Gasteiger partial charge on any atom is 0.203 e. The van der Waals surface area contributed by atoms with Gasteiger partial charge >= 0.3 is 0 Å². The minimum atomic E-state index is 0. The molecule has 142 valence electrons. The van der Waals surface area contributed by atoms with Crippen LogP contribution in [-0.2, 0) is 6.54 Å². The highest BCUT2D eigenvalue weighted by Gasteiger charge is 2.37. The molecule has 5 heteroatoms. The largest absolute Gasteiger partial charge is 0.336 e. The molecule has 1 fully saturated rings. The van der Waals surface area contributed by atoms with Crippen LogP contribution >= 0.6 is 24.0 Å². The maximum absolute atomic E-state index is 6.33. The molecule has 5 rings (SSSR count). The monoisotopic (exact) mass is 409 g/mol. The molecule has 28 heavy (non-hydrogen) atoms. The molecule has 3 aromatic carbocycles. The minimum Gasteiger partial charge on any atom is -0.336 e. The fraction of sp³-hybridized carbons (Fsp3) is 0.174. The first-order valence-electron chi connectivity index (χ1n) is 9.28. The molecule has 0 aromatic heterocycles. The predicted octanol–water partition coefficient (Wildman–Crippen LogP) is 5.67. The van der Waals surface area contributed by atoms with Gasteiger partial charge in [-0.05, 0) is 29.3 Å². The first-order valence-corrected chi connectivity index (χ1v) is 9.66. The lowest BCUT2D eigenvalue weighted by molar-refractivity contribution is 0.386. The van der Waals surface area contributed by atoms with Gasteiger partial charge in [-0.1, -0.05) is 72.3 Å². The van der Waals surface area contributed by atoms with Crippen molar-refractivity contribution in [3.05, 3.63) is 101 Å². The van der Waals surface area contributed by atoms with E-state index in [1.54, 1.807) is 0 Å². The first kappa shape index (κ1) is 18.9. The van der Waals surface area contributed by atoms with Crippen LogP contribution in [0.25, 0.3) is 0 Å². The average Bonchev–Trinajstić information content (AvgIpc) is 3.10. The molecule has 2 heterocycles. The summed E-state index contributed by atoms with van der Waals surface area (Å²) in [5, 5.41) is 0.758. The second-order valence-electron chi connectivity index (χ2n) is 7.03. The summed E-state index contributed by atoms with van der Waals surface area (Å²) in [5.41, 5.74) is 4.77. The molecule has 2 aliphatic rings. The smallest absolute Gasteiger partial charge is 0.203 e. The second-order valence-corrected chi connectivity index (χ2v) is 7.47. The number of rotatable bonds is 3. The van der Waals surface area contributed by atoms with Crippen molar-refractivity contribution in [2.24, 2.45) is 4.99 Å². The van der Waals surface area contributed by atoms with Crippen molar-refractivity contribution in [2.45, 2.75) is 12.6 Å². The minimum absolute atomic E-state index is 0. The molecule has 0 amide bonds. The molecule has 1 atom stereocenters. The number of benzene rings is 3. The summed E-state index contributed by atoms with van der Waals surface area (Å²) in [6, 6.07) is 27.4. The van der Waals surface area contributed by atoms with Crippen LogP contribution in [0, 0.1) is 0 Å². The zero-order valence-corrected chi connectivity index (χ0v) is 16.9. The Morgan fingerprint density at radius 1 is 0.893 bits per heavy atom. The van der Waals surface area contributed by atoms with Crippen LogP contribution in [0.2, 0.25) is 5.02 Å². The Hall–Kier alpha value is -2.49. The zero-order chi connectivity index (χ0) is 18.2. The van der Waals surface area contributed by atoms with E-state index in [-0.39, 0.29) is 18.4 Å². The van der Waals surface area contributed by atoms with Gasteiger partial charge in [0, 0.05) is 30.2 Å². The third-order valence-electron chi connectivity index (χ3n) is 5.30. The fourth-order valence-corrected chi connectivity index (χ4v) is 4.24. The quantitative estimate of drug-likeness (QED) is 0.554. The number of fused-ring (bicyclic) bond motifs is 2. The Bertz CT molecular complexity index is 989. The van der Waals surface area contributed by atoms with Gasteiger partial charge in [-0.15, -0.1) is 12.4 Å². The first-order chi connectivity index (χ1) is 13.3. The van der Waals surface area contributed by atoms with Gasteiger partial charge in [-0.3, -0.25) is 0 Å². The highest BCUT2D eigenvalue weighted by atomic mass is 35.5. The molecule has 0 aliphatic carbocycles. The van der Waals surface area contributed by atoms with Gasteiger partial charge < -0.3 is 9.80 Å². The maximum atomic E-state index is 6.33. The molecule has 0 N–H and O–H groups in total. The number of hydrogen-bond acceptors (Lipinski definition) is 3. The van der Waals surface area contributed by atoms with Crippen molar-refractivity contribution in [1.29, 1.82) is 0 Å². The summed E-state index contributed by atoms with van der Waals surface area (Å²) < 4.78 is 0. The Kier molecular flexibility index (Phi) is 5.29. The summed E-state index contributed by atoms with van der Waals surface area (Å²) in [4.78, 5) is 9.80. The Morgan fingerprint density at radius 3 is 2.36 bits per heavy atom. The second kappa shape index (κ2) is 7.86. The van der Waals surface area contributed by atoms with E-state index in [9.17, 15) is 0 Å². The van der Waals surface area contributed by atoms with Crippen molar-refractivity contribution >= 4 is 35.7 Å². The summed E-state index contributed by atoms with van der Waals surface area (Å²) in [6.45, 7) is 2.80. The summed E-state index contributed by atoms with van der Waals surface area (Å²) in [6.07, 6.45) is 0. The zero-order valence-electron chi connectivity index (χ0n) is 15.3. The summed E-state index contributed by atoms with van der Waals surface area (Å²) in [5.74, 6) is 1.06. The standard InChI is InChI=1S/C23H20ClN3.ClH/c24-19-11-12-21-20(15-19)22(18-9-5-2-6-10-18)27-14-13-26(23(27)25-21)16-17-7-3-1-4-8-17;/h1-12,15,22H,13-14,16H2;1H. The van der Waals surface area contributed by atoms with Gasteiger partial charge in [0.15, 0.2) is 0 Å². The van der Waals surface area contributed by atoms with Crippen LogP contribution in [-0.4, -0.2) is 28.8 Å². The molecular formula is C23H21Cl2N3. The predicted molar refractivity (Wildman–Crippen MR) is 118 cm³/mol. The molecule has 0 radical (unpaired) electrons. The number of guanidine groups is 1. The normalized spacial score (nSPS) is 17.5. The topological polar surface area (TPSA) is 18.8 Å². The molecule has 0 bridgehead atoms. The Morgan fingerprint density at radius 2 is 1.61 bits per heavy atom. The van der Waals surface area contributed by atoms with E-state index in [0.29, 0.717) is 0 Å². The molecule has 1 unspecified atom stereocenters. The molecule has 0 spiro atoms. The van der Waals surface area contributed by atoms with Crippen molar-refractivity contribution in [1.82, 2.24) is 9.80 Å². The van der Waals surface area contributed by atoms with Crippen LogP contribution in [0.1, 0.15) is 22.7 Å². The summed E-state index contributed by atoms with van der Waals surface area (Å²) >= 11 is 6.33. The van der Waals surface area contributed by atoms with Gasteiger partial charge in [-0.2, -0.15) is 0 Å². The van der Waals surface area contributed by atoms with Gasteiger partial charge in [-0.25, -0.2) is 4.99 Å². The Balaban J connectivity index is 0.00000192. The number of aliphatic imine (C=N–C) groups is 1. The van der Waals surface area contributed by atoms with Crippen LogP contribution in [0.5, 0.6) is 0 Å².